The van der Waals surface area contributed by atoms with Crippen LogP contribution in [-0.4, -0.2) is 197 Å². The number of nitrogens with zero attached hydrogens (tertiary/aromatic N) is 4. The lowest BCUT2D eigenvalue weighted by Gasteiger charge is -2.26. The molecule has 4 amide bonds. The van der Waals surface area contributed by atoms with Gasteiger partial charge in [-0.25, -0.2) is 0 Å². The summed E-state index contributed by atoms with van der Waals surface area (Å²) in [5.41, 5.74) is 2.38. The summed E-state index contributed by atoms with van der Waals surface area (Å²) in [6.07, 6.45) is -1.52. The second kappa shape index (κ2) is 35.5. The maximum Gasteiger partial charge on any atom is 0.416 e. The first-order chi connectivity index (χ1) is 38.3. The van der Waals surface area contributed by atoms with Gasteiger partial charge in [-0.05, 0) is 99.5 Å². The van der Waals surface area contributed by atoms with Crippen molar-refractivity contribution in [2.24, 2.45) is 0 Å². The normalized spacial score (nSPS) is 13.6. The average Bonchev–Trinajstić information content (AvgIpc) is 3.97. The number of carbonyl (C=O) groups excluding carboxylic acids is 4. The second-order valence-electron chi connectivity index (χ2n) is 18.2. The zero-order chi connectivity index (χ0) is 56.7. The first-order valence-corrected chi connectivity index (χ1v) is 26.8. The Morgan fingerprint density at radius 2 is 1.25 bits per heavy atom. The van der Waals surface area contributed by atoms with Crippen molar-refractivity contribution < 1.29 is 70.2 Å². The van der Waals surface area contributed by atoms with Gasteiger partial charge in [0.1, 0.15) is 0 Å². The van der Waals surface area contributed by atoms with E-state index in [2.05, 4.69) is 30.7 Å². The Morgan fingerprint density at radius 3 is 1.86 bits per heavy atom. The summed E-state index contributed by atoms with van der Waals surface area (Å²) in [5.74, 6) is -1.39. The number of benzene rings is 3. The van der Waals surface area contributed by atoms with Gasteiger partial charge in [-0.2, -0.15) is 13.2 Å². The van der Waals surface area contributed by atoms with Gasteiger partial charge in [0.05, 0.1) is 122 Å². The van der Waals surface area contributed by atoms with E-state index < -0.39 is 23.6 Å². The minimum absolute atomic E-state index is 0.0906. The van der Waals surface area contributed by atoms with Crippen LogP contribution in [0.4, 0.5) is 24.5 Å². The number of methoxy groups -OCH3 is 1. The van der Waals surface area contributed by atoms with Crippen LogP contribution in [0.1, 0.15) is 68.9 Å². The van der Waals surface area contributed by atoms with Crippen molar-refractivity contribution >= 4 is 35.0 Å². The largest absolute Gasteiger partial charge is 0.416 e. The molecule has 1 unspecified atom stereocenters. The van der Waals surface area contributed by atoms with Crippen LogP contribution in [0.3, 0.4) is 0 Å². The van der Waals surface area contributed by atoms with E-state index >= 15 is 0 Å². The summed E-state index contributed by atoms with van der Waals surface area (Å²) in [6, 6.07) is 19.4. The summed E-state index contributed by atoms with van der Waals surface area (Å²) in [4.78, 5) is 64.5. The Labute approximate surface area is 461 Å². The Morgan fingerprint density at radius 1 is 0.671 bits per heavy atom. The van der Waals surface area contributed by atoms with E-state index in [1.807, 2.05) is 26.0 Å². The van der Waals surface area contributed by atoms with Gasteiger partial charge < -0.3 is 63.6 Å². The summed E-state index contributed by atoms with van der Waals surface area (Å²) < 4.78 is 83.3. The van der Waals surface area contributed by atoms with Crippen molar-refractivity contribution in [3.63, 3.8) is 0 Å². The molecule has 1 fully saturated rings. The lowest BCUT2D eigenvalue weighted by molar-refractivity contribution is -0.137. The van der Waals surface area contributed by atoms with Gasteiger partial charge >= 0.3 is 6.18 Å². The number of nitrogens with one attached hydrogen (secondary N) is 3. The molecule has 1 aliphatic heterocycles. The molecule has 1 aliphatic rings. The number of anilines is 2. The maximum atomic E-state index is 13.9. The van der Waals surface area contributed by atoms with Crippen molar-refractivity contribution in [3.8, 4) is 11.3 Å². The highest BCUT2D eigenvalue weighted by atomic mass is 19.4. The van der Waals surface area contributed by atoms with Crippen molar-refractivity contribution in [1.29, 1.82) is 0 Å². The maximum absolute atomic E-state index is 13.9. The van der Waals surface area contributed by atoms with E-state index in [9.17, 15) is 32.3 Å². The van der Waals surface area contributed by atoms with Gasteiger partial charge in [-0.3, -0.25) is 29.1 Å². The van der Waals surface area contributed by atoms with Crippen LogP contribution in [0.15, 0.2) is 85.1 Å². The number of ether oxygens (including phenoxy) is 8. The number of aromatic nitrogens is 1. The molecular formula is C57H78F3N7O12. The fraction of sp³-hybridized carbons (Fsp3) is 0.526. The Balaban J connectivity index is 1.00. The third-order valence-electron chi connectivity index (χ3n) is 12.7. The van der Waals surface area contributed by atoms with E-state index in [0.717, 1.165) is 24.2 Å². The van der Waals surface area contributed by atoms with E-state index in [1.165, 1.54) is 30.5 Å². The molecule has 1 atom stereocenters. The van der Waals surface area contributed by atoms with Crippen molar-refractivity contribution in [2.45, 2.75) is 45.5 Å². The van der Waals surface area contributed by atoms with E-state index in [4.69, 9.17) is 37.9 Å². The molecule has 0 saturated carbocycles. The highest BCUT2D eigenvalue weighted by molar-refractivity contribution is 6.08. The number of likely N-dealkylation sites (N-methyl/N-ethyl adjacent to an activating group) is 1. The molecule has 3 aromatic carbocycles. The number of hydrogen-bond acceptors (Lipinski definition) is 15. The highest BCUT2D eigenvalue weighted by Crippen LogP contribution is 2.33. The summed E-state index contributed by atoms with van der Waals surface area (Å²) in [6.45, 7) is 14.1. The fourth-order valence-corrected chi connectivity index (χ4v) is 8.41. The van der Waals surface area contributed by atoms with Gasteiger partial charge in [0.15, 0.2) is 0 Å². The molecule has 0 bridgehead atoms. The lowest BCUT2D eigenvalue weighted by atomic mass is 10.0. The van der Waals surface area contributed by atoms with E-state index in [1.54, 1.807) is 49.4 Å². The zero-order valence-corrected chi connectivity index (χ0v) is 46.0. The van der Waals surface area contributed by atoms with Crippen LogP contribution in [0.25, 0.3) is 11.3 Å². The molecule has 19 nitrogen and oxygen atoms in total. The number of likely N-dealkylation sites (tertiary alicyclic amines) is 1. The van der Waals surface area contributed by atoms with Crippen LogP contribution >= 0.6 is 0 Å². The molecule has 0 aliphatic carbocycles. The first-order valence-electron chi connectivity index (χ1n) is 26.8. The standard InChI is InChI=1S/C57H78F3N7O12/c1-5-66(6-2)48-15-16-50(49(41-48)51-40-45(17-18-61-51)53(68)63-42-43-10-7-13-47(38-43)57(58,59)60)64-54(69)44-11-8-12-46(39-44)56(71)65(3)21-22-67-20-9-14-52(67)55(70)62-19-23-73-26-27-75-30-31-77-34-35-79-37-36-78-33-32-76-29-28-74-25-24-72-4/h7-8,10-13,15-18,38-41,52H,5-6,9,14,19-37,42H2,1-4H3,(H,62,70)(H,63,68)(H,64,69). The van der Waals surface area contributed by atoms with Crippen LogP contribution in [-0.2, 0) is 55.4 Å². The number of amides is 4. The molecule has 0 spiro atoms. The Kier molecular flexibility index (Phi) is 28.7. The summed E-state index contributed by atoms with van der Waals surface area (Å²) >= 11 is 0. The monoisotopic (exact) mass is 1110 g/mol. The fourth-order valence-electron chi connectivity index (χ4n) is 8.41. The van der Waals surface area contributed by atoms with Crippen LogP contribution in [0, 0.1) is 0 Å². The minimum Gasteiger partial charge on any atom is -0.382 e. The van der Waals surface area contributed by atoms with Gasteiger partial charge in [0, 0.05) is 87.6 Å². The topological polar surface area (TPSA) is 201 Å². The third kappa shape index (κ3) is 22.5. The lowest BCUT2D eigenvalue weighted by Crippen LogP contribution is -2.46. The number of hydrogen-bond donors (Lipinski definition) is 3. The number of halogens is 3. The zero-order valence-electron chi connectivity index (χ0n) is 46.0. The van der Waals surface area contributed by atoms with Gasteiger partial charge in [0.2, 0.25) is 5.91 Å². The molecule has 2 heterocycles. The van der Waals surface area contributed by atoms with Gasteiger partial charge in [-0.1, -0.05) is 18.2 Å². The predicted molar refractivity (Wildman–Crippen MR) is 292 cm³/mol. The molecule has 5 rings (SSSR count). The number of pyridine rings is 1. The SMILES string of the molecule is CCN(CC)c1ccc(NC(=O)c2cccc(C(=O)N(C)CCN3CCCC3C(=O)NCCOCCOCCOCCOCCOCCOCCOCCOC)c2)c(-c2cc(C(=O)NCc3cccc(C(F)(F)F)c3)ccn2)c1. The van der Waals surface area contributed by atoms with Crippen molar-refractivity contribution in [2.75, 3.05) is 163 Å². The van der Waals surface area contributed by atoms with E-state index in [-0.39, 0.29) is 41.1 Å². The Hall–Kier alpha value is -6.08. The van der Waals surface area contributed by atoms with Gasteiger partial charge in [0.25, 0.3) is 17.7 Å². The number of alkyl halides is 3. The second-order valence-corrected chi connectivity index (χ2v) is 18.2. The smallest absolute Gasteiger partial charge is 0.382 e. The molecule has 79 heavy (non-hydrogen) atoms. The molecule has 3 N–H and O–H groups in total. The molecule has 4 aromatic rings. The highest BCUT2D eigenvalue weighted by Gasteiger charge is 2.32. The molecular weight excluding hydrogens is 1030 g/mol. The molecule has 1 aromatic heterocycles. The molecule has 434 valence electrons. The summed E-state index contributed by atoms with van der Waals surface area (Å²) in [5, 5.41) is 8.64. The molecule has 1 saturated heterocycles. The average molecular weight is 1110 g/mol. The quantitative estimate of drug-likeness (QED) is 0.0428. The molecule has 22 heteroatoms. The predicted octanol–water partition coefficient (Wildman–Crippen LogP) is 6.21. The van der Waals surface area contributed by atoms with Crippen LogP contribution in [0.2, 0.25) is 0 Å². The third-order valence-corrected chi connectivity index (χ3v) is 12.7. The van der Waals surface area contributed by atoms with Crippen molar-refractivity contribution in [1.82, 2.24) is 25.4 Å². The van der Waals surface area contributed by atoms with Gasteiger partial charge in [-0.15, -0.1) is 0 Å². The number of rotatable bonds is 38. The molecule has 0 radical (unpaired) electrons. The minimum atomic E-state index is -4.52. The van der Waals surface area contributed by atoms with Crippen molar-refractivity contribution in [3.05, 3.63) is 113 Å². The Bertz CT molecular complexity index is 2470. The van der Waals surface area contributed by atoms with Crippen LogP contribution in [0.5, 0.6) is 0 Å². The number of carbonyl (C=O) groups is 4. The summed E-state index contributed by atoms with van der Waals surface area (Å²) in [7, 11) is 3.32. The first kappa shape index (κ1) is 63.7. The van der Waals surface area contributed by atoms with Crippen LogP contribution < -0.4 is 20.9 Å². The van der Waals surface area contributed by atoms with E-state index in [0.29, 0.717) is 167 Å².